The predicted octanol–water partition coefficient (Wildman–Crippen LogP) is 5.82. The van der Waals surface area contributed by atoms with Gasteiger partial charge in [-0.15, -0.1) is 0 Å². The number of nitrogens with one attached hydrogen (secondary N) is 1. The molecule has 2 aromatic carbocycles. The number of hydrogen-bond acceptors (Lipinski definition) is 3. The van der Waals surface area contributed by atoms with Gasteiger partial charge in [-0.05, 0) is 42.5 Å². The Morgan fingerprint density at radius 2 is 1.76 bits per heavy atom. The Bertz CT molecular complexity index is 781. The van der Waals surface area contributed by atoms with Crippen LogP contribution in [0.15, 0.2) is 46.9 Å². The molecule has 21 heavy (non-hydrogen) atoms. The second-order valence-electron chi connectivity index (χ2n) is 4.33. The molecule has 1 N–H and O–H groups in total. The summed E-state index contributed by atoms with van der Waals surface area (Å²) in [5.74, 6) is 0. The molecule has 0 unspecified atom stereocenters. The van der Waals surface area contributed by atoms with Crippen LogP contribution in [0, 0.1) is 0 Å². The van der Waals surface area contributed by atoms with Crippen molar-refractivity contribution in [2.45, 2.75) is 6.18 Å². The van der Waals surface area contributed by atoms with Crippen molar-refractivity contribution in [3.63, 3.8) is 0 Å². The third kappa shape index (κ3) is 3.19. The molecular weight excluding hydrogens is 365 g/mol. The quantitative estimate of drug-likeness (QED) is 0.612. The summed E-state index contributed by atoms with van der Waals surface area (Å²) >= 11 is 4.83. The lowest BCUT2D eigenvalue weighted by atomic mass is 10.2. The van der Waals surface area contributed by atoms with Crippen LogP contribution in [0.5, 0.6) is 0 Å². The molecule has 108 valence electrons. The third-order valence-corrected chi connectivity index (χ3v) is 4.24. The largest absolute Gasteiger partial charge is 0.416 e. The number of fused-ring (bicyclic) bond motifs is 1. The molecule has 0 radical (unpaired) electrons. The highest BCUT2D eigenvalue weighted by Gasteiger charge is 2.29. The summed E-state index contributed by atoms with van der Waals surface area (Å²) in [7, 11) is 0. The molecule has 0 amide bonds. The number of halogens is 4. The molecule has 0 spiro atoms. The first-order chi connectivity index (χ1) is 9.91. The highest BCUT2D eigenvalue weighted by atomic mass is 79.9. The normalized spacial score (nSPS) is 11.8. The average molecular weight is 373 g/mol. The fourth-order valence-corrected chi connectivity index (χ4v) is 3.26. The van der Waals surface area contributed by atoms with Crippen LogP contribution in [0.1, 0.15) is 5.56 Å². The van der Waals surface area contributed by atoms with Gasteiger partial charge in [-0.3, -0.25) is 0 Å². The van der Waals surface area contributed by atoms with E-state index in [2.05, 4.69) is 26.2 Å². The van der Waals surface area contributed by atoms with Gasteiger partial charge in [0.15, 0.2) is 5.13 Å². The van der Waals surface area contributed by atoms with Gasteiger partial charge in [0, 0.05) is 10.2 Å². The molecule has 0 bridgehead atoms. The van der Waals surface area contributed by atoms with E-state index < -0.39 is 11.7 Å². The number of thiazole rings is 1. The molecule has 7 heteroatoms. The lowest BCUT2D eigenvalue weighted by Gasteiger charge is -2.07. The van der Waals surface area contributed by atoms with Crippen LogP contribution in [-0.4, -0.2) is 4.98 Å². The summed E-state index contributed by atoms with van der Waals surface area (Å²) in [5.41, 5.74) is 0.750. The molecule has 0 aliphatic rings. The van der Waals surface area contributed by atoms with Crippen molar-refractivity contribution in [2.24, 2.45) is 0 Å². The third-order valence-electron chi connectivity index (χ3n) is 2.81. The fraction of sp³-hybridized carbons (Fsp3) is 0.0714. The lowest BCUT2D eigenvalue weighted by molar-refractivity contribution is -0.137. The Labute approximate surface area is 130 Å². The first-order valence-electron chi connectivity index (χ1n) is 5.92. The maximum atomic E-state index is 12.5. The highest BCUT2D eigenvalue weighted by molar-refractivity contribution is 9.10. The second kappa shape index (κ2) is 5.31. The maximum Gasteiger partial charge on any atom is 0.416 e. The summed E-state index contributed by atoms with van der Waals surface area (Å²) in [6, 6.07) is 10.6. The van der Waals surface area contributed by atoms with Crippen LogP contribution in [0.25, 0.3) is 10.2 Å². The molecule has 3 aromatic rings. The van der Waals surface area contributed by atoms with Crippen molar-refractivity contribution in [3.8, 4) is 0 Å². The van der Waals surface area contributed by atoms with Crippen molar-refractivity contribution in [1.82, 2.24) is 4.98 Å². The first kappa shape index (κ1) is 14.3. The lowest BCUT2D eigenvalue weighted by Crippen LogP contribution is -2.04. The zero-order chi connectivity index (χ0) is 15.0. The summed E-state index contributed by atoms with van der Waals surface area (Å²) < 4.78 is 39.4. The second-order valence-corrected chi connectivity index (χ2v) is 6.28. The van der Waals surface area contributed by atoms with E-state index in [0.717, 1.165) is 26.8 Å². The van der Waals surface area contributed by atoms with E-state index in [0.29, 0.717) is 10.8 Å². The summed E-state index contributed by atoms with van der Waals surface area (Å²) in [6.07, 6.45) is -4.32. The number of anilines is 2. The first-order valence-corrected chi connectivity index (χ1v) is 7.53. The molecule has 0 aliphatic carbocycles. The van der Waals surface area contributed by atoms with E-state index in [9.17, 15) is 13.2 Å². The van der Waals surface area contributed by atoms with Crippen molar-refractivity contribution < 1.29 is 13.2 Å². The molecule has 0 fully saturated rings. The minimum Gasteiger partial charge on any atom is -0.332 e. The van der Waals surface area contributed by atoms with Gasteiger partial charge in [-0.2, -0.15) is 13.2 Å². The van der Waals surface area contributed by atoms with E-state index in [1.54, 1.807) is 0 Å². The van der Waals surface area contributed by atoms with Gasteiger partial charge in [0.25, 0.3) is 0 Å². The summed E-state index contributed by atoms with van der Waals surface area (Å²) in [4.78, 5) is 4.38. The van der Waals surface area contributed by atoms with Crippen LogP contribution in [-0.2, 0) is 6.18 Å². The molecular formula is C14H8BrF3N2S. The van der Waals surface area contributed by atoms with Gasteiger partial charge < -0.3 is 5.32 Å². The van der Waals surface area contributed by atoms with E-state index >= 15 is 0 Å². The number of hydrogen-bond donors (Lipinski definition) is 1. The number of aromatic nitrogens is 1. The minimum atomic E-state index is -4.32. The van der Waals surface area contributed by atoms with Gasteiger partial charge >= 0.3 is 6.18 Å². The van der Waals surface area contributed by atoms with Crippen molar-refractivity contribution in [2.75, 3.05) is 5.32 Å². The Kier molecular flexibility index (Phi) is 3.62. The molecule has 2 nitrogen and oxygen atoms in total. The number of benzene rings is 2. The molecule has 0 saturated heterocycles. The van der Waals surface area contributed by atoms with E-state index in [1.165, 1.54) is 23.5 Å². The van der Waals surface area contributed by atoms with E-state index in [4.69, 9.17) is 0 Å². The topological polar surface area (TPSA) is 24.9 Å². The molecule has 0 saturated carbocycles. The highest BCUT2D eigenvalue weighted by Crippen LogP contribution is 2.32. The van der Waals surface area contributed by atoms with Crippen LogP contribution in [0.4, 0.5) is 24.0 Å². The van der Waals surface area contributed by atoms with Crippen molar-refractivity contribution in [1.29, 1.82) is 0 Å². The molecule has 3 rings (SSSR count). The fourth-order valence-electron chi connectivity index (χ4n) is 1.82. The summed E-state index contributed by atoms with van der Waals surface area (Å²) in [6.45, 7) is 0. The molecule has 0 aliphatic heterocycles. The zero-order valence-electron chi connectivity index (χ0n) is 10.4. The van der Waals surface area contributed by atoms with Gasteiger partial charge in [0.2, 0.25) is 0 Å². The van der Waals surface area contributed by atoms with Gasteiger partial charge in [0.05, 0.1) is 15.8 Å². The number of rotatable bonds is 2. The summed E-state index contributed by atoms with van der Waals surface area (Å²) in [5, 5.41) is 3.66. The Hall–Kier alpha value is -1.60. The SMILES string of the molecule is FC(F)(F)c1ccc(Nc2nc3ccc(Br)cc3s2)cc1. The van der Waals surface area contributed by atoms with E-state index in [1.807, 2.05) is 18.2 Å². The predicted molar refractivity (Wildman–Crippen MR) is 82.0 cm³/mol. The number of nitrogens with zero attached hydrogens (tertiary/aromatic N) is 1. The van der Waals surface area contributed by atoms with Gasteiger partial charge in [-0.25, -0.2) is 4.98 Å². The van der Waals surface area contributed by atoms with E-state index in [-0.39, 0.29) is 0 Å². The van der Waals surface area contributed by atoms with Crippen LogP contribution < -0.4 is 5.32 Å². The van der Waals surface area contributed by atoms with Crippen LogP contribution in [0.3, 0.4) is 0 Å². The standard InChI is InChI=1S/C14H8BrF3N2S/c15-9-3-6-11-12(7-9)21-13(20-11)19-10-4-1-8(2-5-10)14(16,17)18/h1-7H,(H,19,20). The van der Waals surface area contributed by atoms with Crippen molar-refractivity contribution in [3.05, 3.63) is 52.5 Å². The van der Waals surface area contributed by atoms with Crippen molar-refractivity contribution >= 4 is 48.3 Å². The Balaban J connectivity index is 1.84. The smallest absolute Gasteiger partial charge is 0.332 e. The Morgan fingerprint density at radius 1 is 1.05 bits per heavy atom. The zero-order valence-corrected chi connectivity index (χ0v) is 12.8. The van der Waals surface area contributed by atoms with Crippen LogP contribution in [0.2, 0.25) is 0 Å². The Morgan fingerprint density at radius 3 is 2.43 bits per heavy atom. The maximum absolute atomic E-state index is 12.5. The minimum absolute atomic E-state index is 0.570. The molecule has 1 aromatic heterocycles. The average Bonchev–Trinajstić information content (AvgIpc) is 2.79. The molecule has 1 heterocycles. The van der Waals surface area contributed by atoms with Crippen LogP contribution >= 0.6 is 27.3 Å². The van der Waals surface area contributed by atoms with Gasteiger partial charge in [0.1, 0.15) is 0 Å². The molecule has 0 atom stereocenters. The monoisotopic (exact) mass is 372 g/mol. The van der Waals surface area contributed by atoms with Gasteiger partial charge in [-0.1, -0.05) is 27.3 Å². The number of alkyl halides is 3.